The lowest BCUT2D eigenvalue weighted by Gasteiger charge is -2.09. The molecule has 0 saturated heterocycles. The second kappa shape index (κ2) is 7.47. The highest BCUT2D eigenvalue weighted by Gasteiger charge is 2.02. The third-order valence-corrected chi connectivity index (χ3v) is 3.63. The number of hydrogen-bond acceptors (Lipinski definition) is 3. The van der Waals surface area contributed by atoms with Gasteiger partial charge in [-0.15, -0.1) is 0 Å². The predicted molar refractivity (Wildman–Crippen MR) is 100 cm³/mol. The van der Waals surface area contributed by atoms with Crippen molar-refractivity contribution in [3.05, 3.63) is 89.5 Å². The van der Waals surface area contributed by atoms with Crippen molar-refractivity contribution in [1.29, 1.82) is 0 Å². The summed E-state index contributed by atoms with van der Waals surface area (Å²) in [5.74, 6) is 1.71. The van der Waals surface area contributed by atoms with Crippen molar-refractivity contribution in [2.45, 2.75) is 13.8 Å². The van der Waals surface area contributed by atoms with Crippen LogP contribution < -0.4 is 10.2 Å². The van der Waals surface area contributed by atoms with Crippen molar-refractivity contribution in [2.75, 3.05) is 5.43 Å². The number of hydrazone groups is 1. The molecular formula is C21H20N2O. The number of anilines is 1. The first-order chi connectivity index (χ1) is 11.7. The van der Waals surface area contributed by atoms with Crippen LogP contribution in [0.4, 0.5) is 5.69 Å². The van der Waals surface area contributed by atoms with Gasteiger partial charge in [0.1, 0.15) is 11.5 Å². The van der Waals surface area contributed by atoms with E-state index in [1.165, 1.54) is 5.56 Å². The van der Waals surface area contributed by atoms with E-state index in [0.29, 0.717) is 0 Å². The quantitative estimate of drug-likeness (QED) is 0.495. The lowest BCUT2D eigenvalue weighted by molar-refractivity contribution is 0.478. The fourth-order valence-electron chi connectivity index (χ4n) is 2.26. The van der Waals surface area contributed by atoms with E-state index >= 15 is 0 Å². The first-order valence-electron chi connectivity index (χ1n) is 7.90. The van der Waals surface area contributed by atoms with Gasteiger partial charge in [0, 0.05) is 0 Å². The van der Waals surface area contributed by atoms with Crippen LogP contribution in [-0.2, 0) is 0 Å². The molecule has 0 aliphatic heterocycles. The molecule has 0 atom stereocenters. The highest BCUT2D eigenvalue weighted by molar-refractivity contribution is 5.80. The van der Waals surface area contributed by atoms with E-state index in [-0.39, 0.29) is 0 Å². The van der Waals surface area contributed by atoms with Gasteiger partial charge in [-0.3, -0.25) is 5.43 Å². The number of para-hydroxylation sites is 1. The van der Waals surface area contributed by atoms with Gasteiger partial charge >= 0.3 is 0 Å². The summed E-state index contributed by atoms with van der Waals surface area (Å²) in [6, 6.07) is 23.9. The van der Waals surface area contributed by atoms with E-state index in [1.807, 2.05) is 61.5 Å². The Morgan fingerprint density at radius 1 is 0.875 bits per heavy atom. The van der Waals surface area contributed by atoms with Gasteiger partial charge in [0.15, 0.2) is 0 Å². The predicted octanol–water partition coefficient (Wildman–Crippen LogP) is 5.54. The van der Waals surface area contributed by atoms with Crippen molar-refractivity contribution in [2.24, 2.45) is 5.10 Å². The number of nitrogens with one attached hydrogen (secondary N) is 1. The number of hydrogen-bond donors (Lipinski definition) is 1. The Balaban J connectivity index is 1.64. The number of rotatable bonds is 5. The highest BCUT2D eigenvalue weighted by atomic mass is 16.5. The van der Waals surface area contributed by atoms with Gasteiger partial charge in [0.2, 0.25) is 0 Å². The Hall–Kier alpha value is -3.07. The van der Waals surface area contributed by atoms with Gasteiger partial charge in [0.25, 0.3) is 0 Å². The van der Waals surface area contributed by atoms with E-state index in [4.69, 9.17) is 4.74 Å². The minimum atomic E-state index is 0.817. The second-order valence-corrected chi connectivity index (χ2v) is 5.68. The fourth-order valence-corrected chi connectivity index (χ4v) is 2.26. The first kappa shape index (κ1) is 15.8. The summed E-state index contributed by atoms with van der Waals surface area (Å²) in [5, 5.41) is 4.24. The van der Waals surface area contributed by atoms with E-state index in [2.05, 4.69) is 35.7 Å². The molecule has 3 heteroatoms. The van der Waals surface area contributed by atoms with Crippen LogP contribution in [-0.4, -0.2) is 6.21 Å². The van der Waals surface area contributed by atoms with Crippen molar-refractivity contribution in [3.63, 3.8) is 0 Å². The maximum atomic E-state index is 5.96. The summed E-state index contributed by atoms with van der Waals surface area (Å²) >= 11 is 0. The van der Waals surface area contributed by atoms with Crippen LogP contribution in [0.1, 0.15) is 16.7 Å². The van der Waals surface area contributed by atoms with E-state index < -0.39 is 0 Å². The standard InChI is InChI=1S/C21H20N2O/c1-16-8-9-17(2)21(14-16)24-20-12-10-18(11-13-20)15-22-23-19-6-4-3-5-7-19/h3-15,23H,1-2H3. The lowest BCUT2D eigenvalue weighted by Crippen LogP contribution is -1.91. The van der Waals surface area contributed by atoms with E-state index in [9.17, 15) is 0 Å². The zero-order valence-electron chi connectivity index (χ0n) is 13.9. The van der Waals surface area contributed by atoms with E-state index in [0.717, 1.165) is 28.3 Å². The van der Waals surface area contributed by atoms with Crippen molar-refractivity contribution < 1.29 is 4.74 Å². The zero-order valence-corrected chi connectivity index (χ0v) is 13.9. The Bertz CT molecular complexity index is 824. The van der Waals surface area contributed by atoms with Crippen LogP contribution in [0.25, 0.3) is 0 Å². The number of aryl methyl sites for hydroxylation is 2. The van der Waals surface area contributed by atoms with Crippen LogP contribution in [0.15, 0.2) is 77.9 Å². The summed E-state index contributed by atoms with van der Waals surface area (Å²) in [6.45, 7) is 4.11. The number of ether oxygens (including phenoxy) is 1. The van der Waals surface area contributed by atoms with Gasteiger partial charge < -0.3 is 4.74 Å². The molecule has 3 nitrogen and oxygen atoms in total. The van der Waals surface area contributed by atoms with E-state index in [1.54, 1.807) is 6.21 Å². The largest absolute Gasteiger partial charge is 0.457 e. The first-order valence-corrected chi connectivity index (χ1v) is 7.90. The molecule has 3 aromatic carbocycles. The molecule has 0 aliphatic rings. The third-order valence-electron chi connectivity index (χ3n) is 3.63. The maximum absolute atomic E-state index is 5.96. The molecule has 0 radical (unpaired) electrons. The minimum absolute atomic E-state index is 0.817. The molecule has 120 valence electrons. The summed E-state index contributed by atoms with van der Waals surface area (Å²) in [5.41, 5.74) is 7.28. The molecule has 0 aromatic heterocycles. The smallest absolute Gasteiger partial charge is 0.130 e. The molecule has 24 heavy (non-hydrogen) atoms. The molecule has 0 bridgehead atoms. The number of nitrogens with zero attached hydrogens (tertiary/aromatic N) is 1. The van der Waals surface area contributed by atoms with Gasteiger partial charge in [0.05, 0.1) is 11.9 Å². The Labute approximate surface area is 142 Å². The molecule has 0 fully saturated rings. The third kappa shape index (κ3) is 4.23. The van der Waals surface area contributed by atoms with Crippen molar-refractivity contribution >= 4 is 11.9 Å². The zero-order chi connectivity index (χ0) is 16.8. The monoisotopic (exact) mass is 316 g/mol. The van der Waals surface area contributed by atoms with Crippen LogP contribution in [0.2, 0.25) is 0 Å². The van der Waals surface area contributed by atoms with Gasteiger partial charge in [-0.1, -0.05) is 30.3 Å². The second-order valence-electron chi connectivity index (χ2n) is 5.68. The Morgan fingerprint density at radius 3 is 2.38 bits per heavy atom. The summed E-state index contributed by atoms with van der Waals surface area (Å²) in [7, 11) is 0. The molecule has 3 aromatic rings. The molecular weight excluding hydrogens is 296 g/mol. The number of benzene rings is 3. The lowest BCUT2D eigenvalue weighted by atomic mass is 10.1. The van der Waals surface area contributed by atoms with Crippen LogP contribution in [0.5, 0.6) is 11.5 Å². The molecule has 0 heterocycles. The maximum Gasteiger partial charge on any atom is 0.130 e. The van der Waals surface area contributed by atoms with Crippen LogP contribution in [0.3, 0.4) is 0 Å². The van der Waals surface area contributed by atoms with Gasteiger partial charge in [-0.05, 0) is 73.0 Å². The topological polar surface area (TPSA) is 33.6 Å². The summed E-state index contributed by atoms with van der Waals surface area (Å²) < 4.78 is 5.96. The van der Waals surface area contributed by atoms with Crippen LogP contribution >= 0.6 is 0 Å². The molecule has 0 aliphatic carbocycles. The normalized spacial score (nSPS) is 10.8. The molecule has 3 rings (SSSR count). The summed E-state index contributed by atoms with van der Waals surface area (Å²) in [6.07, 6.45) is 1.79. The van der Waals surface area contributed by atoms with Crippen molar-refractivity contribution in [1.82, 2.24) is 0 Å². The van der Waals surface area contributed by atoms with Crippen LogP contribution in [0, 0.1) is 13.8 Å². The Kier molecular flexibility index (Phi) is 4.92. The average Bonchev–Trinajstić information content (AvgIpc) is 2.61. The van der Waals surface area contributed by atoms with Gasteiger partial charge in [-0.25, -0.2) is 0 Å². The van der Waals surface area contributed by atoms with Crippen molar-refractivity contribution in [3.8, 4) is 11.5 Å². The minimum Gasteiger partial charge on any atom is -0.457 e. The highest BCUT2D eigenvalue weighted by Crippen LogP contribution is 2.26. The Morgan fingerprint density at radius 2 is 1.62 bits per heavy atom. The molecule has 0 amide bonds. The molecule has 0 spiro atoms. The average molecular weight is 316 g/mol. The fraction of sp³-hybridized carbons (Fsp3) is 0.0952. The van der Waals surface area contributed by atoms with Gasteiger partial charge in [-0.2, -0.15) is 5.10 Å². The molecule has 0 saturated carbocycles. The summed E-state index contributed by atoms with van der Waals surface area (Å²) in [4.78, 5) is 0. The molecule has 1 N–H and O–H groups in total. The molecule has 0 unspecified atom stereocenters. The SMILES string of the molecule is Cc1ccc(C)c(Oc2ccc(C=NNc3ccccc3)cc2)c1.